The largest absolute Gasteiger partial charge is 0.462 e. The number of rotatable bonds is 41. The highest BCUT2D eigenvalue weighted by Gasteiger charge is 2.19. The van der Waals surface area contributed by atoms with E-state index in [-0.39, 0.29) is 31.1 Å². The number of ether oxygens (including phenoxy) is 3. The predicted molar refractivity (Wildman–Crippen MR) is 233 cm³/mol. The highest BCUT2D eigenvalue weighted by atomic mass is 16.6. The number of carbonyl (C=O) groups excluding carboxylic acids is 3. The summed E-state index contributed by atoms with van der Waals surface area (Å²) < 4.78 is 16.6. The Kier molecular flexibility index (Phi) is 42.0. The molecule has 1 unspecified atom stereocenters. The van der Waals surface area contributed by atoms with Crippen molar-refractivity contribution in [3.63, 3.8) is 0 Å². The van der Waals surface area contributed by atoms with E-state index in [1.807, 2.05) is 0 Å². The minimum atomic E-state index is -0.778. The lowest BCUT2D eigenvalue weighted by atomic mass is 10.1. The van der Waals surface area contributed by atoms with Crippen LogP contribution in [0.4, 0.5) is 0 Å². The minimum Gasteiger partial charge on any atom is -0.462 e. The van der Waals surface area contributed by atoms with Crippen molar-refractivity contribution in [1.82, 2.24) is 0 Å². The van der Waals surface area contributed by atoms with Crippen molar-refractivity contribution in [3.05, 3.63) is 48.6 Å². The Morgan fingerprint density at radius 1 is 0.364 bits per heavy atom. The van der Waals surface area contributed by atoms with Crippen LogP contribution < -0.4 is 0 Å². The van der Waals surface area contributed by atoms with Crippen LogP contribution in [-0.4, -0.2) is 37.2 Å². The molecule has 0 saturated carbocycles. The van der Waals surface area contributed by atoms with Crippen molar-refractivity contribution in [2.45, 2.75) is 232 Å². The van der Waals surface area contributed by atoms with E-state index in [0.29, 0.717) is 19.3 Å². The predicted octanol–water partition coefficient (Wildman–Crippen LogP) is 14.8. The normalized spacial score (nSPS) is 12.4. The molecule has 0 spiro atoms. The molecule has 0 fully saturated rings. The summed E-state index contributed by atoms with van der Waals surface area (Å²) in [6.45, 7) is 6.48. The molecule has 0 aliphatic carbocycles. The standard InChI is InChI=1S/C49H86O6/c1-4-7-10-13-16-18-20-22-24-25-26-28-29-31-33-36-39-42-48(51)54-45-46(44-53-47(50)41-38-35-15-12-9-6-3)55-49(52)43-40-37-34-32-30-27-23-21-19-17-14-11-8-5-2/h14,16-18,21-24,46H,4-13,15,19-20,25-45H2,1-3H3/b17-14-,18-16-,23-21-,24-22-. The summed E-state index contributed by atoms with van der Waals surface area (Å²) in [6.07, 6.45) is 51.1. The fourth-order valence-electron chi connectivity index (χ4n) is 6.25. The van der Waals surface area contributed by atoms with Crippen LogP contribution in [0.5, 0.6) is 0 Å². The van der Waals surface area contributed by atoms with Crippen LogP contribution in [-0.2, 0) is 28.6 Å². The molecule has 0 bridgehead atoms. The van der Waals surface area contributed by atoms with Crippen LogP contribution >= 0.6 is 0 Å². The van der Waals surface area contributed by atoms with Gasteiger partial charge in [-0.05, 0) is 77.0 Å². The number of esters is 3. The van der Waals surface area contributed by atoms with Gasteiger partial charge in [0.2, 0.25) is 0 Å². The van der Waals surface area contributed by atoms with Crippen molar-refractivity contribution in [3.8, 4) is 0 Å². The summed E-state index contributed by atoms with van der Waals surface area (Å²) in [6, 6.07) is 0. The third-order valence-electron chi connectivity index (χ3n) is 9.81. The van der Waals surface area contributed by atoms with Gasteiger partial charge in [-0.25, -0.2) is 0 Å². The summed E-state index contributed by atoms with van der Waals surface area (Å²) in [7, 11) is 0. The monoisotopic (exact) mass is 771 g/mol. The van der Waals surface area contributed by atoms with Crippen LogP contribution in [0.15, 0.2) is 48.6 Å². The lowest BCUT2D eigenvalue weighted by Gasteiger charge is -2.18. The number of allylic oxidation sites excluding steroid dienone is 8. The molecule has 0 aliphatic rings. The number of unbranched alkanes of at least 4 members (excludes halogenated alkanes) is 22. The first-order valence-corrected chi connectivity index (χ1v) is 23.1. The number of carbonyl (C=O) groups is 3. The lowest BCUT2D eigenvalue weighted by molar-refractivity contribution is -0.167. The van der Waals surface area contributed by atoms with Crippen molar-refractivity contribution in [1.29, 1.82) is 0 Å². The van der Waals surface area contributed by atoms with Crippen LogP contribution in [0.2, 0.25) is 0 Å². The molecule has 0 aliphatic heterocycles. The molecule has 318 valence electrons. The van der Waals surface area contributed by atoms with Gasteiger partial charge in [-0.1, -0.05) is 179 Å². The van der Waals surface area contributed by atoms with Crippen LogP contribution in [0.25, 0.3) is 0 Å². The van der Waals surface area contributed by atoms with Gasteiger partial charge in [0.1, 0.15) is 13.2 Å². The third kappa shape index (κ3) is 42.4. The average molecular weight is 771 g/mol. The zero-order chi connectivity index (χ0) is 40.1. The Morgan fingerprint density at radius 2 is 0.673 bits per heavy atom. The van der Waals surface area contributed by atoms with E-state index in [9.17, 15) is 14.4 Å². The molecule has 0 aromatic heterocycles. The maximum atomic E-state index is 12.7. The molecule has 0 aromatic rings. The van der Waals surface area contributed by atoms with E-state index in [1.165, 1.54) is 89.9 Å². The molecule has 0 aromatic carbocycles. The SMILES string of the molecule is CCCC/C=C\C/C=C\CCCCCCCC(=O)OC(COC(=O)CCCCCCCC)COC(=O)CCCCCCCCC/C=C\C/C=C\CCCCC. The summed E-state index contributed by atoms with van der Waals surface area (Å²) in [5.41, 5.74) is 0. The molecule has 0 saturated heterocycles. The fraction of sp³-hybridized carbons (Fsp3) is 0.776. The summed E-state index contributed by atoms with van der Waals surface area (Å²) in [5.74, 6) is -0.914. The topological polar surface area (TPSA) is 78.9 Å². The minimum absolute atomic E-state index is 0.0816. The van der Waals surface area contributed by atoms with Gasteiger partial charge in [0.15, 0.2) is 6.10 Å². The highest BCUT2D eigenvalue weighted by Crippen LogP contribution is 2.13. The Balaban J connectivity index is 4.29. The first-order chi connectivity index (χ1) is 27.0. The Morgan fingerprint density at radius 3 is 1.09 bits per heavy atom. The van der Waals surface area contributed by atoms with Crippen LogP contribution in [0.3, 0.4) is 0 Å². The average Bonchev–Trinajstić information content (AvgIpc) is 3.18. The smallest absolute Gasteiger partial charge is 0.306 e. The summed E-state index contributed by atoms with van der Waals surface area (Å²) >= 11 is 0. The Labute approximate surface area is 339 Å². The lowest BCUT2D eigenvalue weighted by Crippen LogP contribution is -2.30. The third-order valence-corrected chi connectivity index (χ3v) is 9.81. The van der Waals surface area contributed by atoms with Gasteiger partial charge in [0, 0.05) is 19.3 Å². The molecular weight excluding hydrogens is 685 g/mol. The van der Waals surface area contributed by atoms with E-state index < -0.39 is 6.10 Å². The van der Waals surface area contributed by atoms with Crippen molar-refractivity contribution in [2.75, 3.05) is 13.2 Å². The second-order valence-corrected chi connectivity index (χ2v) is 15.3. The van der Waals surface area contributed by atoms with Gasteiger partial charge < -0.3 is 14.2 Å². The second kappa shape index (κ2) is 44.1. The Bertz CT molecular complexity index is 980. The second-order valence-electron chi connectivity index (χ2n) is 15.3. The molecule has 0 rings (SSSR count). The number of hydrogen-bond acceptors (Lipinski definition) is 6. The molecule has 1 atom stereocenters. The van der Waals surface area contributed by atoms with Gasteiger partial charge in [0.25, 0.3) is 0 Å². The molecule has 6 heteroatoms. The summed E-state index contributed by atoms with van der Waals surface area (Å²) in [4.78, 5) is 37.6. The summed E-state index contributed by atoms with van der Waals surface area (Å²) in [5, 5.41) is 0. The highest BCUT2D eigenvalue weighted by molar-refractivity contribution is 5.71. The maximum Gasteiger partial charge on any atom is 0.306 e. The first-order valence-electron chi connectivity index (χ1n) is 23.1. The molecule has 6 nitrogen and oxygen atoms in total. The molecule has 0 N–H and O–H groups in total. The zero-order valence-electron chi connectivity index (χ0n) is 36.2. The van der Waals surface area contributed by atoms with E-state index >= 15 is 0 Å². The molecule has 0 amide bonds. The molecule has 0 radical (unpaired) electrons. The molecule has 55 heavy (non-hydrogen) atoms. The molecular formula is C49H86O6. The van der Waals surface area contributed by atoms with Crippen molar-refractivity contribution < 1.29 is 28.6 Å². The van der Waals surface area contributed by atoms with Gasteiger partial charge >= 0.3 is 17.9 Å². The van der Waals surface area contributed by atoms with Crippen LogP contribution in [0, 0.1) is 0 Å². The maximum absolute atomic E-state index is 12.7. The van der Waals surface area contributed by atoms with Gasteiger partial charge in [-0.15, -0.1) is 0 Å². The zero-order valence-corrected chi connectivity index (χ0v) is 36.2. The Hall–Kier alpha value is -2.63. The fourth-order valence-corrected chi connectivity index (χ4v) is 6.25. The first kappa shape index (κ1) is 52.4. The molecule has 0 heterocycles. The van der Waals surface area contributed by atoms with E-state index in [2.05, 4.69) is 69.4 Å². The van der Waals surface area contributed by atoms with Gasteiger partial charge in [0.05, 0.1) is 0 Å². The van der Waals surface area contributed by atoms with Crippen LogP contribution in [0.1, 0.15) is 226 Å². The van der Waals surface area contributed by atoms with Gasteiger partial charge in [-0.2, -0.15) is 0 Å². The van der Waals surface area contributed by atoms with Crippen molar-refractivity contribution in [2.24, 2.45) is 0 Å². The van der Waals surface area contributed by atoms with E-state index in [0.717, 1.165) is 96.3 Å². The quantitative estimate of drug-likeness (QED) is 0.0267. The van der Waals surface area contributed by atoms with Crippen molar-refractivity contribution >= 4 is 17.9 Å². The van der Waals surface area contributed by atoms with E-state index in [4.69, 9.17) is 14.2 Å². The number of hydrogen-bond donors (Lipinski definition) is 0. The van der Waals surface area contributed by atoms with Gasteiger partial charge in [-0.3, -0.25) is 14.4 Å². The van der Waals surface area contributed by atoms with E-state index in [1.54, 1.807) is 0 Å².